The first-order valence-electron chi connectivity index (χ1n) is 8.36. The number of aryl methyl sites for hydroxylation is 1. The van der Waals surface area contributed by atoms with Crippen molar-refractivity contribution in [3.05, 3.63) is 29.8 Å². The number of nitrogens with zero attached hydrogens (tertiary/aromatic N) is 1. The van der Waals surface area contributed by atoms with Crippen LogP contribution in [0.15, 0.2) is 24.3 Å². The lowest BCUT2D eigenvalue weighted by Gasteiger charge is -2.34. The summed E-state index contributed by atoms with van der Waals surface area (Å²) in [6.45, 7) is 6.34. The molecule has 1 saturated heterocycles. The van der Waals surface area contributed by atoms with E-state index in [1.165, 1.54) is 0 Å². The molecule has 0 unspecified atom stereocenters. The van der Waals surface area contributed by atoms with Crippen molar-refractivity contribution >= 4 is 5.91 Å². The summed E-state index contributed by atoms with van der Waals surface area (Å²) < 4.78 is 5.62. The number of ether oxygens (including phenoxy) is 1. The highest BCUT2D eigenvalue weighted by Crippen LogP contribution is 2.22. The van der Waals surface area contributed by atoms with Crippen molar-refractivity contribution in [1.29, 1.82) is 0 Å². The third-order valence-corrected chi connectivity index (χ3v) is 4.43. The van der Waals surface area contributed by atoms with Gasteiger partial charge in [0.1, 0.15) is 5.75 Å². The largest absolute Gasteiger partial charge is 0.494 e. The molecule has 0 spiro atoms. The Balaban J connectivity index is 1.90. The molecule has 0 aromatic heterocycles. The molecule has 0 radical (unpaired) electrons. The third-order valence-electron chi connectivity index (χ3n) is 4.43. The minimum atomic E-state index is 0.161. The molecule has 2 N–H and O–H groups in total. The standard InChI is InChI=1S/C18H28N2O2/c1-3-22-17-9-5-4-7-15(17)10-11-18(21)20-12-6-8-16(13-20)14(2)19/h4-5,7,9,14,16H,3,6,8,10-13,19H2,1-2H3/t14-,16-/m0/s1. The average Bonchev–Trinajstić information content (AvgIpc) is 2.54. The van der Waals surface area contributed by atoms with E-state index in [1.54, 1.807) is 0 Å². The Morgan fingerprint density at radius 3 is 2.95 bits per heavy atom. The molecule has 4 heteroatoms. The number of para-hydroxylation sites is 1. The molecule has 1 aromatic carbocycles. The second kappa shape index (κ2) is 8.18. The Morgan fingerprint density at radius 1 is 1.45 bits per heavy atom. The zero-order chi connectivity index (χ0) is 15.9. The highest BCUT2D eigenvalue weighted by atomic mass is 16.5. The van der Waals surface area contributed by atoms with Crippen LogP contribution < -0.4 is 10.5 Å². The SMILES string of the molecule is CCOc1ccccc1CCC(=O)N1CCC[C@H]([C@H](C)N)C1. The molecule has 0 saturated carbocycles. The summed E-state index contributed by atoms with van der Waals surface area (Å²) in [5.41, 5.74) is 7.10. The smallest absolute Gasteiger partial charge is 0.222 e. The molecule has 1 heterocycles. The Hall–Kier alpha value is -1.55. The topological polar surface area (TPSA) is 55.6 Å². The molecule has 122 valence electrons. The first kappa shape index (κ1) is 16.8. The van der Waals surface area contributed by atoms with Crippen molar-refractivity contribution in [3.63, 3.8) is 0 Å². The molecule has 0 bridgehead atoms. The number of piperidine rings is 1. The van der Waals surface area contributed by atoms with Crippen molar-refractivity contribution < 1.29 is 9.53 Å². The fraction of sp³-hybridized carbons (Fsp3) is 0.611. The van der Waals surface area contributed by atoms with Gasteiger partial charge >= 0.3 is 0 Å². The highest BCUT2D eigenvalue weighted by molar-refractivity contribution is 5.76. The highest BCUT2D eigenvalue weighted by Gasteiger charge is 2.25. The lowest BCUT2D eigenvalue weighted by Crippen LogP contribution is -2.45. The van der Waals surface area contributed by atoms with Crippen LogP contribution in [0.2, 0.25) is 0 Å². The number of likely N-dealkylation sites (tertiary alicyclic amines) is 1. The van der Waals surface area contributed by atoms with Gasteiger partial charge in [0.2, 0.25) is 5.91 Å². The maximum Gasteiger partial charge on any atom is 0.222 e. The summed E-state index contributed by atoms with van der Waals surface area (Å²) in [7, 11) is 0. The van der Waals surface area contributed by atoms with Crippen LogP contribution >= 0.6 is 0 Å². The monoisotopic (exact) mass is 304 g/mol. The molecule has 4 nitrogen and oxygen atoms in total. The van der Waals surface area contributed by atoms with Crippen LogP contribution in [0.3, 0.4) is 0 Å². The summed E-state index contributed by atoms with van der Waals surface area (Å²) in [6.07, 6.45) is 3.46. The summed E-state index contributed by atoms with van der Waals surface area (Å²) >= 11 is 0. The minimum absolute atomic E-state index is 0.161. The third kappa shape index (κ3) is 4.47. The molecule has 2 atom stereocenters. The maximum absolute atomic E-state index is 12.5. The second-order valence-electron chi connectivity index (χ2n) is 6.14. The van der Waals surface area contributed by atoms with Crippen molar-refractivity contribution in [2.75, 3.05) is 19.7 Å². The van der Waals surface area contributed by atoms with Gasteiger partial charge in [-0.3, -0.25) is 4.79 Å². The molecule has 1 amide bonds. The van der Waals surface area contributed by atoms with Crippen LogP contribution in [0.25, 0.3) is 0 Å². The summed E-state index contributed by atoms with van der Waals surface area (Å²) in [5.74, 6) is 1.56. The Bertz CT molecular complexity index is 488. The average molecular weight is 304 g/mol. The van der Waals surface area contributed by atoms with Crippen LogP contribution in [0.4, 0.5) is 0 Å². The first-order valence-corrected chi connectivity index (χ1v) is 8.36. The van der Waals surface area contributed by atoms with Gasteiger partial charge in [0, 0.05) is 25.6 Å². The predicted octanol–water partition coefficient (Wildman–Crippen LogP) is 2.60. The van der Waals surface area contributed by atoms with Gasteiger partial charge in [-0.2, -0.15) is 0 Å². The van der Waals surface area contributed by atoms with Crippen molar-refractivity contribution in [2.45, 2.75) is 45.6 Å². The normalized spacial score (nSPS) is 19.8. The molecular formula is C18H28N2O2. The molecular weight excluding hydrogens is 276 g/mol. The van der Waals surface area contributed by atoms with Crippen LogP contribution in [-0.4, -0.2) is 36.5 Å². The van der Waals surface area contributed by atoms with Crippen molar-refractivity contribution in [1.82, 2.24) is 4.90 Å². The van der Waals surface area contributed by atoms with Crippen LogP contribution in [0.1, 0.15) is 38.7 Å². The zero-order valence-electron chi connectivity index (χ0n) is 13.8. The van der Waals surface area contributed by atoms with Crippen molar-refractivity contribution in [3.8, 4) is 5.75 Å². The van der Waals surface area contributed by atoms with Gasteiger partial charge in [0.25, 0.3) is 0 Å². The van der Waals surface area contributed by atoms with Crippen LogP contribution in [0.5, 0.6) is 5.75 Å². The van der Waals surface area contributed by atoms with Gasteiger partial charge in [-0.15, -0.1) is 0 Å². The maximum atomic E-state index is 12.5. The summed E-state index contributed by atoms with van der Waals surface area (Å²) in [5, 5.41) is 0. The van der Waals surface area contributed by atoms with E-state index < -0.39 is 0 Å². The fourth-order valence-electron chi connectivity index (χ4n) is 3.07. The first-order chi connectivity index (χ1) is 10.6. The predicted molar refractivity (Wildman–Crippen MR) is 88.9 cm³/mol. The molecule has 1 aliphatic rings. The summed E-state index contributed by atoms with van der Waals surface area (Å²) in [4.78, 5) is 14.4. The molecule has 22 heavy (non-hydrogen) atoms. The van der Waals surface area contributed by atoms with Gasteiger partial charge in [-0.1, -0.05) is 18.2 Å². The van der Waals surface area contributed by atoms with Crippen LogP contribution in [0, 0.1) is 5.92 Å². The summed E-state index contributed by atoms with van der Waals surface area (Å²) in [6, 6.07) is 8.13. The Morgan fingerprint density at radius 2 is 2.23 bits per heavy atom. The van der Waals surface area contributed by atoms with Crippen molar-refractivity contribution in [2.24, 2.45) is 11.7 Å². The minimum Gasteiger partial charge on any atom is -0.494 e. The number of amides is 1. The van der Waals surface area contributed by atoms with E-state index in [4.69, 9.17) is 10.5 Å². The fourth-order valence-corrected chi connectivity index (χ4v) is 3.07. The van der Waals surface area contributed by atoms with E-state index in [2.05, 4.69) is 0 Å². The van der Waals surface area contributed by atoms with Gasteiger partial charge in [-0.05, 0) is 50.7 Å². The van der Waals surface area contributed by atoms with E-state index in [0.29, 0.717) is 18.9 Å². The Labute approximate surface area is 133 Å². The number of carbonyl (C=O) groups is 1. The zero-order valence-corrected chi connectivity index (χ0v) is 13.8. The van der Waals surface area contributed by atoms with Crippen LogP contribution in [-0.2, 0) is 11.2 Å². The van der Waals surface area contributed by atoms with Gasteiger partial charge in [0.05, 0.1) is 6.61 Å². The van der Waals surface area contributed by atoms with Gasteiger partial charge < -0.3 is 15.4 Å². The quantitative estimate of drug-likeness (QED) is 0.879. The Kier molecular flexibility index (Phi) is 6.25. The lowest BCUT2D eigenvalue weighted by molar-refractivity contribution is -0.133. The number of nitrogens with two attached hydrogens (primary N) is 1. The molecule has 0 aliphatic carbocycles. The molecule has 1 aliphatic heterocycles. The molecule has 1 fully saturated rings. The number of hydrogen-bond donors (Lipinski definition) is 1. The number of hydrogen-bond acceptors (Lipinski definition) is 3. The van der Waals surface area contributed by atoms with Gasteiger partial charge in [0.15, 0.2) is 0 Å². The van der Waals surface area contributed by atoms with E-state index in [0.717, 1.165) is 43.7 Å². The van der Waals surface area contributed by atoms with E-state index in [9.17, 15) is 4.79 Å². The van der Waals surface area contributed by atoms with Gasteiger partial charge in [-0.25, -0.2) is 0 Å². The second-order valence-corrected chi connectivity index (χ2v) is 6.14. The number of rotatable bonds is 6. The number of benzene rings is 1. The molecule has 1 aromatic rings. The molecule has 2 rings (SSSR count). The van der Waals surface area contributed by atoms with E-state index in [-0.39, 0.29) is 11.9 Å². The van der Waals surface area contributed by atoms with E-state index >= 15 is 0 Å². The number of carbonyl (C=O) groups excluding carboxylic acids is 1. The van der Waals surface area contributed by atoms with E-state index in [1.807, 2.05) is 43.0 Å². The lowest BCUT2D eigenvalue weighted by atomic mass is 9.92.